The minimum Gasteiger partial charge on any atom is -0.467 e. The topological polar surface area (TPSA) is 65.0 Å². The Morgan fingerprint density at radius 3 is 2.44 bits per heavy atom. The van der Waals surface area contributed by atoms with Crippen LogP contribution in [0.2, 0.25) is 0 Å². The molecule has 96 valence electrons. The fourth-order valence-electron chi connectivity index (χ4n) is 1.02. The number of unbranched alkanes of at least 4 members (excludes halogenated alkanes) is 1. The van der Waals surface area contributed by atoms with Gasteiger partial charge in [-0.1, -0.05) is 13.3 Å². The number of carbonyl (C=O) groups excluding carboxylic acids is 1. The average molecular weight is 234 g/mol. The Kier molecular flexibility index (Phi) is 8.15. The van der Waals surface area contributed by atoms with Crippen LogP contribution in [0.3, 0.4) is 0 Å². The zero-order valence-corrected chi connectivity index (χ0v) is 10.3. The standard InChI is InChI=1S/C11H22O5/c1-4-5-6-15-7-8-16-9-11(2,13)10(12)14-3/h13H,4-9H2,1-3H3. The second kappa shape index (κ2) is 8.50. The van der Waals surface area contributed by atoms with Crippen LogP contribution in [0, 0.1) is 0 Å². The number of rotatable bonds is 9. The van der Waals surface area contributed by atoms with Crippen molar-refractivity contribution in [3.8, 4) is 0 Å². The summed E-state index contributed by atoms with van der Waals surface area (Å²) in [6.07, 6.45) is 2.12. The Bertz CT molecular complexity index is 191. The SMILES string of the molecule is CCCCOCCOCC(C)(O)C(=O)OC. The van der Waals surface area contributed by atoms with Gasteiger partial charge in [-0.3, -0.25) is 0 Å². The van der Waals surface area contributed by atoms with E-state index >= 15 is 0 Å². The Hall–Kier alpha value is -0.650. The number of methoxy groups -OCH3 is 1. The monoisotopic (exact) mass is 234 g/mol. The van der Waals surface area contributed by atoms with Gasteiger partial charge in [0, 0.05) is 6.61 Å². The van der Waals surface area contributed by atoms with Gasteiger partial charge in [-0.2, -0.15) is 0 Å². The molecule has 5 nitrogen and oxygen atoms in total. The molecule has 1 atom stereocenters. The molecule has 0 aliphatic carbocycles. The van der Waals surface area contributed by atoms with Gasteiger partial charge >= 0.3 is 5.97 Å². The summed E-state index contributed by atoms with van der Waals surface area (Å²) in [5.74, 6) is -0.695. The predicted molar refractivity (Wildman–Crippen MR) is 59.2 cm³/mol. The van der Waals surface area contributed by atoms with Crippen molar-refractivity contribution in [2.75, 3.05) is 33.5 Å². The van der Waals surface area contributed by atoms with Crippen LogP contribution in [0.1, 0.15) is 26.7 Å². The Balaban J connectivity index is 3.47. The van der Waals surface area contributed by atoms with Gasteiger partial charge in [0.05, 0.1) is 26.9 Å². The van der Waals surface area contributed by atoms with Crippen LogP contribution in [-0.4, -0.2) is 50.2 Å². The molecule has 5 heteroatoms. The van der Waals surface area contributed by atoms with Crippen molar-refractivity contribution in [3.05, 3.63) is 0 Å². The van der Waals surface area contributed by atoms with Crippen LogP contribution in [0.15, 0.2) is 0 Å². The quantitative estimate of drug-likeness (QED) is 0.471. The van der Waals surface area contributed by atoms with E-state index in [4.69, 9.17) is 9.47 Å². The van der Waals surface area contributed by atoms with Crippen molar-refractivity contribution in [2.24, 2.45) is 0 Å². The van der Waals surface area contributed by atoms with Crippen molar-refractivity contribution in [1.82, 2.24) is 0 Å². The van der Waals surface area contributed by atoms with Gasteiger partial charge in [0.1, 0.15) is 0 Å². The molecule has 1 N–H and O–H groups in total. The molecular formula is C11H22O5. The Labute approximate surface area is 96.7 Å². The van der Waals surface area contributed by atoms with E-state index < -0.39 is 11.6 Å². The minimum atomic E-state index is -1.59. The van der Waals surface area contributed by atoms with Crippen molar-refractivity contribution < 1.29 is 24.1 Å². The smallest absolute Gasteiger partial charge is 0.339 e. The molecule has 0 saturated heterocycles. The molecule has 1 unspecified atom stereocenters. The molecule has 0 aromatic carbocycles. The number of ether oxygens (including phenoxy) is 3. The number of carbonyl (C=O) groups is 1. The average Bonchev–Trinajstić information content (AvgIpc) is 2.26. The lowest BCUT2D eigenvalue weighted by Gasteiger charge is -2.19. The molecule has 0 heterocycles. The van der Waals surface area contributed by atoms with Gasteiger partial charge in [-0.25, -0.2) is 4.79 Å². The third kappa shape index (κ3) is 6.76. The van der Waals surface area contributed by atoms with Crippen molar-refractivity contribution >= 4 is 5.97 Å². The molecule has 0 aromatic rings. The first-order valence-electron chi connectivity index (χ1n) is 5.51. The van der Waals surface area contributed by atoms with E-state index in [1.165, 1.54) is 14.0 Å². The summed E-state index contributed by atoms with van der Waals surface area (Å²) in [6, 6.07) is 0. The molecular weight excluding hydrogens is 212 g/mol. The second-order valence-corrected chi connectivity index (χ2v) is 3.78. The fraction of sp³-hybridized carbons (Fsp3) is 0.909. The van der Waals surface area contributed by atoms with Gasteiger partial charge in [0.2, 0.25) is 0 Å². The van der Waals surface area contributed by atoms with Crippen LogP contribution in [-0.2, 0) is 19.0 Å². The first-order valence-corrected chi connectivity index (χ1v) is 5.51. The molecule has 0 radical (unpaired) electrons. The fourth-order valence-corrected chi connectivity index (χ4v) is 1.02. The van der Waals surface area contributed by atoms with Crippen molar-refractivity contribution in [3.63, 3.8) is 0 Å². The van der Waals surface area contributed by atoms with Gasteiger partial charge < -0.3 is 19.3 Å². The third-order valence-corrected chi connectivity index (χ3v) is 2.02. The lowest BCUT2D eigenvalue weighted by Crippen LogP contribution is -2.41. The van der Waals surface area contributed by atoms with E-state index in [0.29, 0.717) is 19.8 Å². The molecule has 16 heavy (non-hydrogen) atoms. The maximum absolute atomic E-state index is 11.1. The third-order valence-electron chi connectivity index (χ3n) is 2.02. The summed E-state index contributed by atoms with van der Waals surface area (Å²) in [6.45, 7) is 4.91. The van der Waals surface area contributed by atoms with Gasteiger partial charge in [-0.15, -0.1) is 0 Å². The molecule has 0 aromatic heterocycles. The van der Waals surface area contributed by atoms with Crippen molar-refractivity contribution in [2.45, 2.75) is 32.3 Å². The highest BCUT2D eigenvalue weighted by Gasteiger charge is 2.31. The van der Waals surface area contributed by atoms with E-state index in [2.05, 4.69) is 11.7 Å². The summed E-state index contributed by atoms with van der Waals surface area (Å²) in [5, 5.41) is 9.58. The molecule has 0 bridgehead atoms. The summed E-state index contributed by atoms with van der Waals surface area (Å²) >= 11 is 0. The van der Waals surface area contributed by atoms with Crippen molar-refractivity contribution in [1.29, 1.82) is 0 Å². The van der Waals surface area contributed by atoms with Crippen LogP contribution in [0.25, 0.3) is 0 Å². The molecule has 0 fully saturated rings. The van der Waals surface area contributed by atoms with Crippen LogP contribution in [0.5, 0.6) is 0 Å². The molecule has 0 rings (SSSR count). The molecule has 0 spiro atoms. The number of hydrogen-bond acceptors (Lipinski definition) is 5. The van der Waals surface area contributed by atoms with Gasteiger partial charge in [0.15, 0.2) is 5.60 Å². The van der Waals surface area contributed by atoms with E-state index in [9.17, 15) is 9.90 Å². The maximum Gasteiger partial charge on any atom is 0.339 e. The zero-order valence-electron chi connectivity index (χ0n) is 10.3. The largest absolute Gasteiger partial charge is 0.467 e. The molecule has 0 aliphatic rings. The summed E-state index contributed by atoms with van der Waals surface area (Å²) < 4.78 is 14.8. The second-order valence-electron chi connectivity index (χ2n) is 3.78. The minimum absolute atomic E-state index is 0.0865. The Morgan fingerprint density at radius 2 is 1.88 bits per heavy atom. The summed E-state index contributed by atoms with van der Waals surface area (Å²) in [5.41, 5.74) is -1.59. The summed E-state index contributed by atoms with van der Waals surface area (Å²) in [7, 11) is 1.23. The lowest BCUT2D eigenvalue weighted by atomic mass is 10.1. The molecule has 0 saturated carbocycles. The van der Waals surface area contributed by atoms with Crippen LogP contribution in [0.4, 0.5) is 0 Å². The van der Waals surface area contributed by atoms with E-state index in [1.807, 2.05) is 0 Å². The summed E-state index contributed by atoms with van der Waals surface area (Å²) in [4.78, 5) is 11.1. The Morgan fingerprint density at radius 1 is 1.25 bits per heavy atom. The maximum atomic E-state index is 11.1. The first kappa shape index (κ1) is 15.3. The van der Waals surface area contributed by atoms with Crippen LogP contribution < -0.4 is 0 Å². The number of hydrogen-bond donors (Lipinski definition) is 1. The normalized spacial score (nSPS) is 14.5. The number of aliphatic hydroxyl groups is 1. The molecule has 0 aliphatic heterocycles. The highest BCUT2D eigenvalue weighted by atomic mass is 16.6. The highest BCUT2D eigenvalue weighted by Crippen LogP contribution is 2.05. The lowest BCUT2D eigenvalue weighted by molar-refractivity contribution is -0.167. The van der Waals surface area contributed by atoms with E-state index in [0.717, 1.165) is 12.8 Å². The zero-order chi connectivity index (χ0) is 12.4. The van der Waals surface area contributed by atoms with E-state index in [-0.39, 0.29) is 6.61 Å². The predicted octanol–water partition coefficient (Wildman–Crippen LogP) is 0.744. The van der Waals surface area contributed by atoms with Crippen LogP contribution >= 0.6 is 0 Å². The van der Waals surface area contributed by atoms with E-state index in [1.54, 1.807) is 0 Å². The van der Waals surface area contributed by atoms with Gasteiger partial charge in [0.25, 0.3) is 0 Å². The van der Waals surface area contributed by atoms with Gasteiger partial charge in [-0.05, 0) is 13.3 Å². The first-order chi connectivity index (χ1) is 7.54. The molecule has 0 amide bonds. The highest BCUT2D eigenvalue weighted by molar-refractivity contribution is 5.78. The number of esters is 1.